The van der Waals surface area contributed by atoms with E-state index in [0.29, 0.717) is 0 Å². The number of hydrogen-bond donors (Lipinski definition) is 0. The van der Waals surface area contributed by atoms with Gasteiger partial charge in [0.25, 0.3) is 0 Å². The Kier molecular flexibility index (Phi) is 6.08. The average molecular weight is 408 g/mol. The summed E-state index contributed by atoms with van der Waals surface area (Å²) in [5.41, 5.74) is 0.179. The third kappa shape index (κ3) is 4.93. The molecule has 1 unspecified atom stereocenters. The van der Waals surface area contributed by atoms with Crippen molar-refractivity contribution in [3.8, 4) is 0 Å². The van der Waals surface area contributed by atoms with Crippen molar-refractivity contribution in [2.45, 2.75) is 13.3 Å². The fourth-order valence-electron chi connectivity index (χ4n) is 2.51. The Morgan fingerprint density at radius 1 is 1.24 bits per heavy atom. The summed E-state index contributed by atoms with van der Waals surface area (Å²) < 4.78 is 28.7. The van der Waals surface area contributed by atoms with Crippen molar-refractivity contribution >= 4 is 56.5 Å². The third-order valence-corrected chi connectivity index (χ3v) is 5.47. The van der Waals surface area contributed by atoms with Crippen molar-refractivity contribution in [1.29, 1.82) is 0 Å². The van der Waals surface area contributed by atoms with E-state index in [1.165, 1.54) is 18.2 Å². The highest BCUT2D eigenvalue weighted by atomic mass is 35.5. The summed E-state index contributed by atoms with van der Waals surface area (Å²) in [6.45, 7) is 1.61. The molecule has 0 bridgehead atoms. The first-order chi connectivity index (χ1) is 11.6. The standard InChI is InChI=1S/C15H15Cl2NO6S/c1-2-24-14(20)8-25(22,23)7-9-3-13(19)18(15(9)21)12-5-10(16)4-11(17)6-12/h4-6,9H,2-3,7-8H2,1H3. The Morgan fingerprint density at radius 2 is 1.84 bits per heavy atom. The fraction of sp³-hybridized carbons (Fsp3) is 0.400. The number of carbonyl (C=O) groups excluding carboxylic acids is 3. The van der Waals surface area contributed by atoms with Crippen LogP contribution in [0.15, 0.2) is 18.2 Å². The number of benzene rings is 1. The summed E-state index contributed by atoms with van der Waals surface area (Å²) in [6, 6.07) is 4.22. The van der Waals surface area contributed by atoms with Gasteiger partial charge in [-0.1, -0.05) is 23.2 Å². The van der Waals surface area contributed by atoms with Crippen LogP contribution >= 0.6 is 23.2 Å². The number of anilines is 1. The van der Waals surface area contributed by atoms with E-state index in [9.17, 15) is 22.8 Å². The number of imide groups is 1. The van der Waals surface area contributed by atoms with E-state index in [0.717, 1.165) is 4.90 Å². The van der Waals surface area contributed by atoms with Crippen molar-refractivity contribution in [1.82, 2.24) is 0 Å². The highest BCUT2D eigenvalue weighted by Crippen LogP contribution is 2.31. The molecule has 1 atom stereocenters. The van der Waals surface area contributed by atoms with Gasteiger partial charge in [-0.05, 0) is 25.1 Å². The zero-order valence-corrected chi connectivity index (χ0v) is 15.5. The minimum absolute atomic E-state index is 0.0541. The molecular formula is C15H15Cl2NO6S. The molecule has 2 amide bonds. The van der Waals surface area contributed by atoms with Gasteiger partial charge in [0.15, 0.2) is 9.84 Å². The molecule has 0 aliphatic carbocycles. The highest BCUT2D eigenvalue weighted by Gasteiger charge is 2.42. The maximum Gasteiger partial charge on any atom is 0.321 e. The molecule has 25 heavy (non-hydrogen) atoms. The number of halogens is 2. The minimum atomic E-state index is -3.89. The predicted octanol–water partition coefficient (Wildman–Crippen LogP) is 1.85. The Bertz CT molecular complexity index is 803. The lowest BCUT2D eigenvalue weighted by molar-refractivity contribution is -0.140. The van der Waals surface area contributed by atoms with E-state index in [-0.39, 0.29) is 28.8 Å². The van der Waals surface area contributed by atoms with Gasteiger partial charge in [0, 0.05) is 16.5 Å². The van der Waals surface area contributed by atoms with Gasteiger partial charge in [0.2, 0.25) is 11.8 Å². The van der Waals surface area contributed by atoms with Gasteiger partial charge in [0.1, 0.15) is 5.75 Å². The van der Waals surface area contributed by atoms with Gasteiger partial charge in [-0.3, -0.25) is 19.3 Å². The van der Waals surface area contributed by atoms with E-state index >= 15 is 0 Å². The molecule has 0 aromatic heterocycles. The molecule has 0 N–H and O–H groups in total. The first kappa shape index (κ1) is 19.7. The summed E-state index contributed by atoms with van der Waals surface area (Å²) in [4.78, 5) is 36.8. The van der Waals surface area contributed by atoms with Crippen LogP contribution in [0, 0.1) is 5.92 Å². The normalized spacial score (nSPS) is 17.9. The molecule has 0 saturated carbocycles. The summed E-state index contributed by atoms with van der Waals surface area (Å²) in [5, 5.41) is 0.475. The van der Waals surface area contributed by atoms with Crippen molar-refractivity contribution < 1.29 is 27.5 Å². The zero-order chi connectivity index (χ0) is 18.8. The summed E-state index contributed by atoms with van der Waals surface area (Å²) in [6.07, 6.45) is -0.273. The Morgan fingerprint density at radius 3 is 2.40 bits per heavy atom. The minimum Gasteiger partial charge on any atom is -0.465 e. The molecule has 1 aliphatic rings. The summed E-state index contributed by atoms with van der Waals surface area (Å²) in [7, 11) is -3.89. The number of sulfone groups is 1. The van der Waals surface area contributed by atoms with Crippen LogP contribution in [0.4, 0.5) is 5.69 Å². The number of esters is 1. The van der Waals surface area contributed by atoms with Crippen LogP contribution < -0.4 is 4.90 Å². The second kappa shape index (κ2) is 7.72. The number of ether oxygens (including phenoxy) is 1. The molecular weight excluding hydrogens is 393 g/mol. The zero-order valence-electron chi connectivity index (χ0n) is 13.2. The molecule has 1 fully saturated rings. The van der Waals surface area contributed by atoms with Gasteiger partial charge in [0.05, 0.1) is 24.0 Å². The lowest BCUT2D eigenvalue weighted by atomic mass is 10.1. The molecule has 1 saturated heterocycles. The lowest BCUT2D eigenvalue weighted by Crippen LogP contribution is -2.33. The summed E-state index contributed by atoms with van der Waals surface area (Å²) in [5.74, 6) is -4.62. The number of hydrogen-bond acceptors (Lipinski definition) is 6. The highest BCUT2D eigenvalue weighted by molar-refractivity contribution is 7.92. The monoisotopic (exact) mass is 407 g/mol. The van der Waals surface area contributed by atoms with Crippen LogP contribution in [0.2, 0.25) is 10.0 Å². The van der Waals surface area contributed by atoms with Crippen LogP contribution in [0.1, 0.15) is 13.3 Å². The largest absolute Gasteiger partial charge is 0.465 e. The molecule has 1 heterocycles. The Hall–Kier alpha value is -1.64. The number of nitrogens with zero attached hydrogens (tertiary/aromatic N) is 1. The fourth-order valence-corrected chi connectivity index (χ4v) is 4.46. The van der Waals surface area contributed by atoms with E-state index in [4.69, 9.17) is 23.2 Å². The quantitative estimate of drug-likeness (QED) is 0.527. The maximum absolute atomic E-state index is 12.5. The predicted molar refractivity (Wildman–Crippen MR) is 92.3 cm³/mol. The number of rotatable bonds is 6. The van der Waals surface area contributed by atoms with Crippen LogP contribution in [-0.4, -0.2) is 44.3 Å². The van der Waals surface area contributed by atoms with Crippen LogP contribution in [-0.2, 0) is 29.0 Å². The van der Waals surface area contributed by atoms with Crippen LogP contribution in [0.25, 0.3) is 0 Å². The van der Waals surface area contributed by atoms with Crippen molar-refractivity contribution in [2.24, 2.45) is 5.92 Å². The van der Waals surface area contributed by atoms with E-state index in [1.807, 2.05) is 0 Å². The topological polar surface area (TPSA) is 97.8 Å². The van der Waals surface area contributed by atoms with Gasteiger partial charge < -0.3 is 4.74 Å². The first-order valence-electron chi connectivity index (χ1n) is 7.32. The molecule has 1 aromatic carbocycles. The van der Waals surface area contributed by atoms with Gasteiger partial charge >= 0.3 is 5.97 Å². The smallest absolute Gasteiger partial charge is 0.321 e. The van der Waals surface area contributed by atoms with Gasteiger partial charge in [-0.15, -0.1) is 0 Å². The Balaban J connectivity index is 2.17. The van der Waals surface area contributed by atoms with Crippen molar-refractivity contribution in [3.63, 3.8) is 0 Å². The molecule has 10 heteroatoms. The maximum atomic E-state index is 12.5. The second-order valence-electron chi connectivity index (χ2n) is 5.46. The second-order valence-corrected chi connectivity index (χ2v) is 8.44. The molecule has 2 rings (SSSR count). The molecule has 136 valence electrons. The van der Waals surface area contributed by atoms with Crippen molar-refractivity contribution in [3.05, 3.63) is 28.2 Å². The van der Waals surface area contributed by atoms with Crippen molar-refractivity contribution in [2.75, 3.05) is 23.0 Å². The molecule has 7 nitrogen and oxygen atoms in total. The van der Waals surface area contributed by atoms with E-state index < -0.39 is 45.0 Å². The molecule has 0 spiro atoms. The number of carbonyl (C=O) groups is 3. The van der Waals surface area contributed by atoms with E-state index in [1.54, 1.807) is 6.92 Å². The SMILES string of the molecule is CCOC(=O)CS(=O)(=O)CC1CC(=O)N(c2cc(Cl)cc(Cl)c2)C1=O. The molecule has 0 radical (unpaired) electrons. The lowest BCUT2D eigenvalue weighted by Gasteiger charge is -2.16. The van der Waals surface area contributed by atoms with Gasteiger partial charge in [-0.25, -0.2) is 8.42 Å². The number of amides is 2. The Labute approximate surface area is 154 Å². The van der Waals surface area contributed by atoms with E-state index in [2.05, 4.69) is 4.74 Å². The van der Waals surface area contributed by atoms with Crippen LogP contribution in [0.3, 0.4) is 0 Å². The average Bonchev–Trinajstić information content (AvgIpc) is 2.70. The first-order valence-corrected chi connectivity index (χ1v) is 9.89. The summed E-state index contributed by atoms with van der Waals surface area (Å²) >= 11 is 11.7. The molecule has 1 aliphatic heterocycles. The van der Waals surface area contributed by atoms with Gasteiger partial charge in [-0.2, -0.15) is 0 Å². The third-order valence-electron chi connectivity index (χ3n) is 3.44. The van der Waals surface area contributed by atoms with Crippen LogP contribution in [0.5, 0.6) is 0 Å². The molecule has 1 aromatic rings.